The van der Waals surface area contributed by atoms with Crippen LogP contribution in [-0.4, -0.2) is 19.4 Å². The van der Waals surface area contributed by atoms with Crippen molar-refractivity contribution in [2.75, 3.05) is 13.2 Å². The number of rotatable bonds is 7. The maximum absolute atomic E-state index is 7.51. The standard InChI is InChI=1S/C20H18Cl2N2O/c21-18-7-5-14(11-19(18)22)13-24-9-10-25-20-8-6-15(12-23)16-3-1-2-4-17(16)20/h1-8,11-12,23-24H,9-10,13H2. The Morgan fingerprint density at radius 3 is 2.52 bits per heavy atom. The van der Waals surface area contributed by atoms with Gasteiger partial charge in [-0.15, -0.1) is 0 Å². The van der Waals surface area contributed by atoms with Crippen molar-refractivity contribution < 1.29 is 4.74 Å². The van der Waals surface area contributed by atoms with Gasteiger partial charge in [0.15, 0.2) is 0 Å². The Morgan fingerprint density at radius 1 is 0.960 bits per heavy atom. The van der Waals surface area contributed by atoms with E-state index in [1.54, 1.807) is 6.07 Å². The zero-order valence-corrected chi connectivity index (χ0v) is 15.1. The number of hydrogen-bond acceptors (Lipinski definition) is 3. The molecule has 3 aromatic rings. The maximum Gasteiger partial charge on any atom is 0.127 e. The van der Waals surface area contributed by atoms with Crippen LogP contribution in [0.4, 0.5) is 0 Å². The van der Waals surface area contributed by atoms with Crippen LogP contribution in [0.2, 0.25) is 10.0 Å². The van der Waals surface area contributed by atoms with Crippen molar-refractivity contribution in [1.82, 2.24) is 5.32 Å². The molecule has 0 radical (unpaired) electrons. The molecule has 3 rings (SSSR count). The smallest absolute Gasteiger partial charge is 0.127 e. The quantitative estimate of drug-likeness (QED) is 0.435. The van der Waals surface area contributed by atoms with E-state index in [9.17, 15) is 0 Å². The third-order valence-electron chi connectivity index (χ3n) is 3.92. The molecule has 25 heavy (non-hydrogen) atoms. The summed E-state index contributed by atoms with van der Waals surface area (Å²) in [4.78, 5) is 0. The van der Waals surface area contributed by atoms with E-state index in [0.29, 0.717) is 29.7 Å². The third-order valence-corrected chi connectivity index (χ3v) is 4.66. The minimum atomic E-state index is 0.551. The summed E-state index contributed by atoms with van der Waals surface area (Å²) in [7, 11) is 0. The molecule has 0 fully saturated rings. The van der Waals surface area contributed by atoms with Gasteiger partial charge in [0.05, 0.1) is 10.0 Å². The monoisotopic (exact) mass is 372 g/mol. The number of nitrogens with one attached hydrogen (secondary N) is 2. The molecule has 2 N–H and O–H groups in total. The summed E-state index contributed by atoms with van der Waals surface area (Å²) >= 11 is 11.9. The topological polar surface area (TPSA) is 45.1 Å². The van der Waals surface area contributed by atoms with E-state index in [4.69, 9.17) is 33.3 Å². The molecule has 0 heterocycles. The highest BCUT2D eigenvalue weighted by Crippen LogP contribution is 2.27. The Labute approximate surface area is 157 Å². The van der Waals surface area contributed by atoms with Crippen molar-refractivity contribution >= 4 is 40.2 Å². The van der Waals surface area contributed by atoms with Crippen LogP contribution in [-0.2, 0) is 6.54 Å². The summed E-state index contributed by atoms with van der Waals surface area (Å²) in [5, 5.41) is 14.0. The fourth-order valence-electron chi connectivity index (χ4n) is 2.66. The van der Waals surface area contributed by atoms with Gasteiger partial charge in [-0.1, -0.05) is 53.5 Å². The molecule has 0 saturated heterocycles. The molecule has 5 heteroatoms. The van der Waals surface area contributed by atoms with Gasteiger partial charge in [-0.2, -0.15) is 0 Å². The minimum absolute atomic E-state index is 0.551. The lowest BCUT2D eigenvalue weighted by Gasteiger charge is -2.11. The van der Waals surface area contributed by atoms with Crippen LogP contribution in [0.25, 0.3) is 10.8 Å². The normalized spacial score (nSPS) is 10.8. The summed E-state index contributed by atoms with van der Waals surface area (Å²) in [5.41, 5.74) is 1.97. The van der Waals surface area contributed by atoms with E-state index in [2.05, 4.69) is 5.32 Å². The predicted molar refractivity (Wildman–Crippen MR) is 105 cm³/mol. The highest BCUT2D eigenvalue weighted by molar-refractivity contribution is 6.42. The number of fused-ring (bicyclic) bond motifs is 1. The average Bonchev–Trinajstić information content (AvgIpc) is 2.64. The molecule has 0 spiro atoms. The number of halogens is 2. The van der Waals surface area contributed by atoms with Gasteiger partial charge >= 0.3 is 0 Å². The summed E-state index contributed by atoms with van der Waals surface area (Å²) in [5.74, 6) is 0.831. The van der Waals surface area contributed by atoms with E-state index >= 15 is 0 Å². The Hall–Kier alpha value is -2.07. The molecule has 0 aromatic heterocycles. The van der Waals surface area contributed by atoms with Gasteiger partial charge in [-0.3, -0.25) is 0 Å². The number of benzene rings is 3. The Bertz CT molecular complexity index is 896. The minimum Gasteiger partial charge on any atom is -0.492 e. The fraction of sp³-hybridized carbons (Fsp3) is 0.150. The second-order valence-electron chi connectivity index (χ2n) is 5.62. The Morgan fingerprint density at radius 2 is 1.76 bits per heavy atom. The first-order valence-electron chi connectivity index (χ1n) is 7.98. The van der Waals surface area contributed by atoms with Crippen molar-refractivity contribution in [3.63, 3.8) is 0 Å². The van der Waals surface area contributed by atoms with Crippen LogP contribution in [0.1, 0.15) is 11.1 Å². The number of ether oxygens (including phenoxy) is 1. The molecular weight excluding hydrogens is 355 g/mol. The fourth-order valence-corrected chi connectivity index (χ4v) is 2.98. The van der Waals surface area contributed by atoms with Gasteiger partial charge in [0.1, 0.15) is 12.4 Å². The number of hydrogen-bond donors (Lipinski definition) is 2. The lowest BCUT2D eigenvalue weighted by Crippen LogP contribution is -2.20. The van der Waals surface area contributed by atoms with Crippen LogP contribution in [0.3, 0.4) is 0 Å². The zero-order valence-electron chi connectivity index (χ0n) is 13.6. The van der Waals surface area contributed by atoms with Crippen LogP contribution in [0.5, 0.6) is 5.75 Å². The van der Waals surface area contributed by atoms with E-state index in [0.717, 1.165) is 27.6 Å². The highest BCUT2D eigenvalue weighted by Gasteiger charge is 2.05. The van der Waals surface area contributed by atoms with Gasteiger partial charge in [0.25, 0.3) is 0 Å². The van der Waals surface area contributed by atoms with Gasteiger partial charge in [-0.25, -0.2) is 0 Å². The molecule has 128 valence electrons. The molecule has 0 aliphatic heterocycles. The molecule has 3 nitrogen and oxygen atoms in total. The van der Waals surface area contributed by atoms with Crippen molar-refractivity contribution in [1.29, 1.82) is 5.41 Å². The second kappa shape index (κ2) is 8.34. The van der Waals surface area contributed by atoms with Crippen LogP contribution >= 0.6 is 23.2 Å². The molecule has 0 saturated carbocycles. The molecule has 0 amide bonds. The molecule has 3 aromatic carbocycles. The molecule has 0 aliphatic carbocycles. The highest BCUT2D eigenvalue weighted by atomic mass is 35.5. The largest absolute Gasteiger partial charge is 0.492 e. The van der Waals surface area contributed by atoms with Gasteiger partial charge in [0, 0.05) is 30.3 Å². The average molecular weight is 373 g/mol. The predicted octanol–water partition coefficient (Wildman–Crippen LogP) is 5.31. The lowest BCUT2D eigenvalue weighted by molar-refractivity contribution is 0.317. The van der Waals surface area contributed by atoms with Crippen molar-refractivity contribution in [3.05, 3.63) is 75.8 Å². The SMILES string of the molecule is N=Cc1ccc(OCCNCc2ccc(Cl)c(Cl)c2)c2ccccc12. The summed E-state index contributed by atoms with van der Waals surface area (Å²) in [6.07, 6.45) is 1.37. The summed E-state index contributed by atoms with van der Waals surface area (Å²) in [6.45, 7) is 1.96. The van der Waals surface area contributed by atoms with Crippen molar-refractivity contribution in [3.8, 4) is 5.75 Å². The van der Waals surface area contributed by atoms with Gasteiger partial charge in [0.2, 0.25) is 0 Å². The zero-order chi connectivity index (χ0) is 17.6. The first-order valence-corrected chi connectivity index (χ1v) is 8.74. The third kappa shape index (κ3) is 4.31. The maximum atomic E-state index is 7.51. The molecule has 0 atom stereocenters. The van der Waals surface area contributed by atoms with E-state index in [1.807, 2.05) is 48.5 Å². The van der Waals surface area contributed by atoms with Gasteiger partial charge in [-0.05, 0) is 35.2 Å². The van der Waals surface area contributed by atoms with Crippen molar-refractivity contribution in [2.45, 2.75) is 6.54 Å². The Balaban J connectivity index is 1.56. The first kappa shape index (κ1) is 17.7. The summed E-state index contributed by atoms with van der Waals surface area (Å²) < 4.78 is 5.91. The van der Waals surface area contributed by atoms with E-state index in [-0.39, 0.29) is 0 Å². The van der Waals surface area contributed by atoms with Gasteiger partial charge < -0.3 is 15.5 Å². The van der Waals surface area contributed by atoms with Crippen LogP contribution in [0.15, 0.2) is 54.6 Å². The summed E-state index contributed by atoms with van der Waals surface area (Å²) in [6, 6.07) is 17.4. The second-order valence-corrected chi connectivity index (χ2v) is 6.43. The molecular formula is C20H18Cl2N2O. The molecule has 0 bridgehead atoms. The van der Waals surface area contributed by atoms with E-state index in [1.165, 1.54) is 6.21 Å². The van der Waals surface area contributed by atoms with Crippen LogP contribution in [0, 0.1) is 5.41 Å². The van der Waals surface area contributed by atoms with E-state index < -0.39 is 0 Å². The van der Waals surface area contributed by atoms with Crippen molar-refractivity contribution in [2.24, 2.45) is 0 Å². The lowest BCUT2D eigenvalue weighted by atomic mass is 10.0. The molecule has 0 aliphatic rings. The Kier molecular flexibility index (Phi) is 5.92. The molecule has 0 unspecified atom stereocenters. The first-order chi connectivity index (χ1) is 12.2. The van der Waals surface area contributed by atoms with Crippen LogP contribution < -0.4 is 10.1 Å².